The Morgan fingerprint density at radius 2 is 1.79 bits per heavy atom. The molecule has 0 saturated carbocycles. The van der Waals surface area contributed by atoms with Gasteiger partial charge in [-0.2, -0.15) is 0 Å². The van der Waals surface area contributed by atoms with Gasteiger partial charge in [-0.25, -0.2) is 13.2 Å². The molecule has 1 heterocycles. The van der Waals surface area contributed by atoms with E-state index in [4.69, 9.17) is 4.74 Å². The highest BCUT2D eigenvalue weighted by Crippen LogP contribution is 2.36. The van der Waals surface area contributed by atoms with Gasteiger partial charge in [0.2, 0.25) is 0 Å². The number of aryl methyl sites for hydroxylation is 1. The molecule has 2 unspecified atom stereocenters. The average molecular weight is 390 g/mol. The van der Waals surface area contributed by atoms with E-state index < -0.39 is 17.7 Å². The zero-order valence-electron chi connectivity index (χ0n) is 16.7. The number of halogens is 3. The van der Waals surface area contributed by atoms with Crippen LogP contribution in [0.15, 0.2) is 30.3 Å². The third-order valence-corrected chi connectivity index (χ3v) is 5.82. The van der Waals surface area contributed by atoms with E-state index in [9.17, 15) is 13.2 Å². The summed E-state index contributed by atoms with van der Waals surface area (Å²) in [5, 5.41) is 0. The minimum Gasteiger partial charge on any atom is -0.373 e. The first-order chi connectivity index (χ1) is 13.5. The van der Waals surface area contributed by atoms with Gasteiger partial charge in [0.1, 0.15) is 5.82 Å². The molecule has 2 aromatic rings. The minimum absolute atomic E-state index is 0.0857. The molecule has 0 bridgehead atoms. The number of rotatable bonds is 7. The lowest BCUT2D eigenvalue weighted by molar-refractivity contribution is -0.0200. The first-order valence-electron chi connectivity index (χ1n) is 10.4. The van der Waals surface area contributed by atoms with Crippen molar-refractivity contribution in [3.8, 4) is 11.1 Å². The van der Waals surface area contributed by atoms with Crippen LogP contribution < -0.4 is 0 Å². The molecule has 28 heavy (non-hydrogen) atoms. The van der Waals surface area contributed by atoms with E-state index in [0.717, 1.165) is 32.1 Å². The van der Waals surface area contributed by atoms with Crippen LogP contribution in [0.25, 0.3) is 11.1 Å². The Morgan fingerprint density at radius 3 is 2.43 bits per heavy atom. The number of benzene rings is 2. The molecule has 0 aromatic heterocycles. The van der Waals surface area contributed by atoms with E-state index >= 15 is 0 Å². The summed E-state index contributed by atoms with van der Waals surface area (Å²) in [6.45, 7) is 4.78. The summed E-state index contributed by atoms with van der Waals surface area (Å²) in [5.74, 6) is -1.69. The first-order valence-corrected chi connectivity index (χ1v) is 10.4. The molecular formula is C24H29F3O. The van der Waals surface area contributed by atoms with Crippen molar-refractivity contribution < 1.29 is 17.9 Å². The van der Waals surface area contributed by atoms with Gasteiger partial charge < -0.3 is 4.74 Å². The minimum atomic E-state index is -0.933. The third-order valence-electron chi connectivity index (χ3n) is 5.82. The van der Waals surface area contributed by atoms with Crippen LogP contribution in [0.1, 0.15) is 69.6 Å². The normalized spacial score (nSPS) is 19.8. The zero-order chi connectivity index (χ0) is 20.1. The van der Waals surface area contributed by atoms with E-state index in [1.54, 1.807) is 18.2 Å². The quantitative estimate of drug-likeness (QED) is 0.448. The van der Waals surface area contributed by atoms with Crippen LogP contribution in [-0.4, -0.2) is 6.61 Å². The zero-order valence-corrected chi connectivity index (χ0v) is 16.7. The van der Waals surface area contributed by atoms with E-state index in [2.05, 4.69) is 13.8 Å². The van der Waals surface area contributed by atoms with Crippen molar-refractivity contribution in [3.63, 3.8) is 0 Å². The van der Waals surface area contributed by atoms with Gasteiger partial charge in [-0.15, -0.1) is 0 Å². The van der Waals surface area contributed by atoms with Crippen LogP contribution in [0, 0.1) is 23.4 Å². The lowest BCUT2D eigenvalue weighted by Crippen LogP contribution is -2.21. The van der Waals surface area contributed by atoms with Gasteiger partial charge in [-0.3, -0.25) is 0 Å². The smallest absolute Gasteiger partial charge is 0.167 e. The van der Waals surface area contributed by atoms with Crippen LogP contribution >= 0.6 is 0 Å². The van der Waals surface area contributed by atoms with Crippen molar-refractivity contribution in [2.45, 2.75) is 64.9 Å². The van der Waals surface area contributed by atoms with Crippen LogP contribution in [0.5, 0.6) is 0 Å². The molecule has 0 spiro atoms. The van der Waals surface area contributed by atoms with E-state index in [-0.39, 0.29) is 16.9 Å². The highest BCUT2D eigenvalue weighted by Gasteiger charge is 2.26. The standard InChI is InChI=1S/C24H29F3O/c1-3-5-6-7-17-9-10-18(14-21(17)25)19-11-12-20(24(27)23(19)26)22-13-8-16(4-2)15-28-22/h9-12,14,16,22H,3-8,13,15H2,1-2H3. The van der Waals surface area contributed by atoms with E-state index in [1.165, 1.54) is 12.1 Å². The predicted molar refractivity (Wildman–Crippen MR) is 107 cm³/mol. The van der Waals surface area contributed by atoms with Crippen LogP contribution in [0.3, 0.4) is 0 Å². The predicted octanol–water partition coefficient (Wildman–Crippen LogP) is 7.38. The molecule has 1 saturated heterocycles. The Kier molecular flexibility index (Phi) is 7.17. The number of hydrogen-bond donors (Lipinski definition) is 0. The van der Waals surface area contributed by atoms with E-state index in [1.807, 2.05) is 0 Å². The van der Waals surface area contributed by atoms with Crippen molar-refractivity contribution in [3.05, 3.63) is 58.9 Å². The van der Waals surface area contributed by atoms with Gasteiger partial charge in [-0.05, 0) is 48.8 Å². The number of unbranched alkanes of at least 4 members (excludes halogenated alkanes) is 2. The molecule has 1 fully saturated rings. The maximum absolute atomic E-state index is 14.8. The molecule has 2 atom stereocenters. The second kappa shape index (κ2) is 9.60. The molecule has 1 aliphatic heterocycles. The topological polar surface area (TPSA) is 9.23 Å². The van der Waals surface area contributed by atoms with Gasteiger partial charge in [-0.1, -0.05) is 57.4 Å². The summed E-state index contributed by atoms with van der Waals surface area (Å²) in [7, 11) is 0. The fourth-order valence-electron chi connectivity index (χ4n) is 3.89. The van der Waals surface area contributed by atoms with Crippen molar-refractivity contribution in [1.82, 2.24) is 0 Å². The number of hydrogen-bond acceptors (Lipinski definition) is 1. The molecule has 2 aromatic carbocycles. The highest BCUT2D eigenvalue weighted by atomic mass is 19.2. The monoisotopic (exact) mass is 390 g/mol. The SMILES string of the molecule is CCCCCc1ccc(-c2ccc(C3CCC(CC)CO3)c(F)c2F)cc1F. The molecule has 3 rings (SSSR count). The first kappa shape index (κ1) is 20.9. The summed E-state index contributed by atoms with van der Waals surface area (Å²) >= 11 is 0. The molecule has 0 aliphatic carbocycles. The second-order valence-electron chi connectivity index (χ2n) is 7.77. The highest BCUT2D eigenvalue weighted by molar-refractivity contribution is 5.65. The molecule has 0 amide bonds. The maximum atomic E-state index is 14.8. The van der Waals surface area contributed by atoms with Gasteiger partial charge in [0, 0.05) is 11.1 Å². The third kappa shape index (κ3) is 4.60. The summed E-state index contributed by atoms with van der Waals surface area (Å²) < 4.78 is 49.7. The average Bonchev–Trinajstić information content (AvgIpc) is 2.71. The van der Waals surface area contributed by atoms with Gasteiger partial charge >= 0.3 is 0 Å². The molecule has 0 radical (unpaired) electrons. The molecular weight excluding hydrogens is 361 g/mol. The lowest BCUT2D eigenvalue weighted by Gasteiger charge is -2.29. The Morgan fingerprint density at radius 1 is 0.964 bits per heavy atom. The van der Waals surface area contributed by atoms with Gasteiger partial charge in [0.05, 0.1) is 12.7 Å². The summed E-state index contributed by atoms with van der Waals surface area (Å²) in [4.78, 5) is 0. The van der Waals surface area contributed by atoms with Gasteiger partial charge in [0.25, 0.3) is 0 Å². The van der Waals surface area contributed by atoms with Crippen molar-refractivity contribution >= 4 is 0 Å². The molecule has 152 valence electrons. The van der Waals surface area contributed by atoms with Crippen LogP contribution in [0.4, 0.5) is 13.2 Å². The van der Waals surface area contributed by atoms with Crippen LogP contribution in [0.2, 0.25) is 0 Å². The molecule has 0 N–H and O–H groups in total. The Labute approximate surface area is 165 Å². The van der Waals surface area contributed by atoms with Crippen molar-refractivity contribution in [1.29, 1.82) is 0 Å². The Bertz CT molecular complexity index is 795. The Hall–Kier alpha value is -1.81. The van der Waals surface area contributed by atoms with Crippen molar-refractivity contribution in [2.75, 3.05) is 6.61 Å². The largest absolute Gasteiger partial charge is 0.373 e. The summed E-state index contributed by atoms with van der Waals surface area (Å²) in [5.41, 5.74) is 1.32. The summed E-state index contributed by atoms with van der Waals surface area (Å²) in [6.07, 6.45) is 5.96. The Balaban J connectivity index is 1.80. The molecule has 1 nitrogen and oxygen atoms in total. The molecule has 4 heteroatoms. The van der Waals surface area contributed by atoms with Crippen LogP contribution in [-0.2, 0) is 11.2 Å². The molecule has 1 aliphatic rings. The van der Waals surface area contributed by atoms with Gasteiger partial charge in [0.15, 0.2) is 11.6 Å². The van der Waals surface area contributed by atoms with E-state index in [0.29, 0.717) is 36.5 Å². The lowest BCUT2D eigenvalue weighted by atomic mass is 9.91. The number of ether oxygens (including phenoxy) is 1. The maximum Gasteiger partial charge on any atom is 0.167 e. The fourth-order valence-corrected chi connectivity index (χ4v) is 3.89. The second-order valence-corrected chi connectivity index (χ2v) is 7.77. The summed E-state index contributed by atoms with van der Waals surface area (Å²) in [6, 6.07) is 7.78. The fraction of sp³-hybridized carbons (Fsp3) is 0.500. The van der Waals surface area contributed by atoms with Crippen molar-refractivity contribution in [2.24, 2.45) is 5.92 Å².